The molecule has 14 heteroatoms. The third kappa shape index (κ3) is 5.76. The van der Waals surface area contributed by atoms with E-state index >= 15 is 0 Å². The Labute approximate surface area is 180 Å². The molecule has 31 heavy (non-hydrogen) atoms. The van der Waals surface area contributed by atoms with Gasteiger partial charge in [-0.2, -0.15) is 31.4 Å². The molecule has 0 bridgehead atoms. The van der Waals surface area contributed by atoms with Crippen LogP contribution in [-0.4, -0.2) is 26.4 Å². The normalized spacial score (nSPS) is 12.1. The number of nitrogens with zero attached hydrogens (tertiary/aromatic N) is 2. The summed E-state index contributed by atoms with van der Waals surface area (Å²) in [7, 11) is -3.30. The number of nitrogens with one attached hydrogen (secondary N) is 1. The zero-order valence-corrected chi connectivity index (χ0v) is 17.9. The number of nitro benzene ring substituents is 1. The van der Waals surface area contributed by atoms with Crippen LogP contribution in [0.2, 0.25) is 5.02 Å². The van der Waals surface area contributed by atoms with Crippen LogP contribution in [0.4, 0.5) is 24.5 Å². The molecule has 0 aliphatic heterocycles. The van der Waals surface area contributed by atoms with Gasteiger partial charge in [0.15, 0.2) is 0 Å². The van der Waals surface area contributed by atoms with Gasteiger partial charge in [0, 0.05) is 25.2 Å². The highest BCUT2D eigenvalue weighted by Gasteiger charge is 2.33. The van der Waals surface area contributed by atoms with Crippen molar-refractivity contribution in [3.8, 4) is 11.5 Å². The lowest BCUT2D eigenvalue weighted by Crippen LogP contribution is -2.40. The number of alkyl halides is 3. The molecule has 0 radical (unpaired) electrons. The van der Waals surface area contributed by atoms with Gasteiger partial charge < -0.3 is 4.74 Å². The number of rotatable bonds is 8. The van der Waals surface area contributed by atoms with Crippen LogP contribution in [-0.2, 0) is 20.8 Å². The molecule has 0 aliphatic carbocycles. The molecule has 0 atom stereocenters. The Hall–Kier alpha value is -2.61. The van der Waals surface area contributed by atoms with Gasteiger partial charge in [-0.3, -0.25) is 10.1 Å². The molecule has 170 valence electrons. The lowest BCUT2D eigenvalue weighted by atomic mass is 10.2. The van der Waals surface area contributed by atoms with E-state index < -0.39 is 38.7 Å². The van der Waals surface area contributed by atoms with Crippen LogP contribution in [0.5, 0.6) is 11.5 Å². The third-order valence-electron chi connectivity index (χ3n) is 3.77. The molecule has 0 saturated heterocycles. The van der Waals surface area contributed by atoms with E-state index in [1.54, 1.807) is 0 Å². The number of benzene rings is 2. The number of nitro groups is 1. The molecule has 0 fully saturated rings. The summed E-state index contributed by atoms with van der Waals surface area (Å²) >= 11 is 5.87. The molecule has 0 unspecified atom stereocenters. The van der Waals surface area contributed by atoms with Crippen molar-refractivity contribution in [2.24, 2.45) is 0 Å². The van der Waals surface area contributed by atoms with Gasteiger partial charge in [0.25, 0.3) is 5.69 Å². The minimum atomic E-state index is -4.61. The van der Waals surface area contributed by atoms with Gasteiger partial charge in [-0.05, 0) is 38.1 Å². The van der Waals surface area contributed by atoms with Crippen LogP contribution < -0.4 is 14.5 Å². The molecular formula is C17H17ClF3N3O6S. The van der Waals surface area contributed by atoms with Crippen LogP contribution in [0.1, 0.15) is 19.4 Å². The molecule has 0 aliphatic rings. The molecule has 9 nitrogen and oxygen atoms in total. The second-order valence-electron chi connectivity index (χ2n) is 6.29. The Bertz CT molecular complexity index is 1080. The molecular weight excluding hydrogens is 467 g/mol. The fourth-order valence-corrected chi connectivity index (χ4v) is 4.00. The largest absolute Gasteiger partial charge is 0.456 e. The lowest BCUT2D eigenvalue weighted by Gasteiger charge is -2.26. The van der Waals surface area contributed by atoms with E-state index in [9.17, 15) is 31.7 Å². The Balaban J connectivity index is 2.55. The first-order chi connectivity index (χ1) is 14.3. The molecule has 2 aromatic carbocycles. The Morgan fingerprint density at radius 2 is 1.84 bits per heavy atom. The minimum absolute atomic E-state index is 0.104. The van der Waals surface area contributed by atoms with Crippen molar-refractivity contribution in [1.82, 2.24) is 5.48 Å². The number of hydroxylamine groups is 1. The average Bonchev–Trinajstić information content (AvgIpc) is 2.62. The van der Waals surface area contributed by atoms with Crippen molar-refractivity contribution in [3.63, 3.8) is 0 Å². The highest BCUT2D eigenvalue weighted by Crippen LogP contribution is 2.39. The molecule has 0 amide bonds. The molecule has 2 aromatic rings. The fraction of sp³-hybridized carbons (Fsp3) is 0.294. The van der Waals surface area contributed by atoms with Crippen molar-refractivity contribution in [3.05, 3.63) is 57.1 Å². The number of ether oxygens (including phenoxy) is 1. The molecule has 1 N–H and O–H groups in total. The Morgan fingerprint density at radius 3 is 2.32 bits per heavy atom. The van der Waals surface area contributed by atoms with Crippen LogP contribution in [0.25, 0.3) is 0 Å². The fourth-order valence-electron chi connectivity index (χ4n) is 2.59. The lowest BCUT2D eigenvalue weighted by molar-refractivity contribution is -0.384. The zero-order chi connectivity index (χ0) is 23.6. The first-order valence-electron chi connectivity index (χ1n) is 8.50. The highest BCUT2D eigenvalue weighted by molar-refractivity contribution is 7.88. The van der Waals surface area contributed by atoms with E-state index in [0.29, 0.717) is 10.4 Å². The predicted molar refractivity (Wildman–Crippen MR) is 106 cm³/mol. The van der Waals surface area contributed by atoms with E-state index in [1.165, 1.54) is 20.9 Å². The summed E-state index contributed by atoms with van der Waals surface area (Å²) in [5, 5.41) is 11.1. The summed E-state index contributed by atoms with van der Waals surface area (Å²) in [4.78, 5) is 10.7. The quantitative estimate of drug-likeness (QED) is 0.429. The molecule has 0 spiro atoms. The smallest absolute Gasteiger partial charge is 0.416 e. The second kappa shape index (κ2) is 9.26. The standard InChI is InChI=1S/C17H17ClF3N3O6S/c1-10(2)23(31(27,28)30-22-3)15-9-12(5-6-14(15)24(25)26)29-16-7-4-11(8-13(16)18)17(19,20)21/h4-10,22H,1-3H3. The van der Waals surface area contributed by atoms with Crippen molar-refractivity contribution >= 4 is 33.3 Å². The van der Waals surface area contributed by atoms with Crippen LogP contribution in [0.15, 0.2) is 36.4 Å². The van der Waals surface area contributed by atoms with Gasteiger partial charge in [0.2, 0.25) is 0 Å². The summed E-state index contributed by atoms with van der Waals surface area (Å²) < 4.78 is 73.9. The van der Waals surface area contributed by atoms with Gasteiger partial charge in [-0.15, -0.1) is 0 Å². The zero-order valence-electron chi connectivity index (χ0n) is 16.3. The Morgan fingerprint density at radius 1 is 1.19 bits per heavy atom. The van der Waals surface area contributed by atoms with Crippen LogP contribution in [0.3, 0.4) is 0 Å². The minimum Gasteiger partial charge on any atom is -0.456 e. The topological polar surface area (TPSA) is 111 Å². The summed E-state index contributed by atoms with van der Waals surface area (Å²) in [6.45, 7) is 2.92. The maximum absolute atomic E-state index is 12.8. The summed E-state index contributed by atoms with van der Waals surface area (Å²) in [5.41, 5.74) is 0.0651. The number of hydrogen-bond donors (Lipinski definition) is 1. The van der Waals surface area contributed by atoms with Crippen LogP contribution in [0, 0.1) is 10.1 Å². The van der Waals surface area contributed by atoms with Gasteiger partial charge in [0.05, 0.1) is 15.5 Å². The first-order valence-corrected chi connectivity index (χ1v) is 10.2. The van der Waals surface area contributed by atoms with Crippen LogP contribution >= 0.6 is 11.6 Å². The third-order valence-corrected chi connectivity index (χ3v) is 5.54. The van der Waals surface area contributed by atoms with Crippen molar-refractivity contribution in [1.29, 1.82) is 0 Å². The van der Waals surface area contributed by atoms with Gasteiger partial charge in [-0.25, -0.2) is 4.31 Å². The van der Waals surface area contributed by atoms with Gasteiger partial charge in [-0.1, -0.05) is 11.6 Å². The SMILES string of the molecule is CNOS(=O)(=O)N(c1cc(Oc2ccc(C(F)(F)F)cc2Cl)ccc1[N+](=O)[O-])C(C)C. The van der Waals surface area contributed by atoms with E-state index in [2.05, 4.69) is 4.28 Å². The maximum Gasteiger partial charge on any atom is 0.416 e. The number of hydrogen-bond acceptors (Lipinski definition) is 7. The van der Waals surface area contributed by atoms with E-state index in [1.807, 2.05) is 5.48 Å². The predicted octanol–water partition coefficient (Wildman–Crippen LogP) is 4.67. The highest BCUT2D eigenvalue weighted by atomic mass is 35.5. The Kier molecular flexibility index (Phi) is 7.36. The van der Waals surface area contributed by atoms with Crippen molar-refractivity contribution in [2.75, 3.05) is 11.4 Å². The molecule has 0 aromatic heterocycles. The molecule has 2 rings (SSSR count). The summed E-state index contributed by atoms with van der Waals surface area (Å²) in [5.74, 6) is -0.271. The van der Waals surface area contributed by atoms with Gasteiger partial charge in [0.1, 0.15) is 17.2 Å². The monoisotopic (exact) mass is 483 g/mol. The molecule has 0 heterocycles. The average molecular weight is 484 g/mol. The summed E-state index contributed by atoms with van der Waals surface area (Å²) in [6.07, 6.45) is -4.61. The molecule has 0 saturated carbocycles. The van der Waals surface area contributed by atoms with E-state index in [-0.39, 0.29) is 22.2 Å². The summed E-state index contributed by atoms with van der Waals surface area (Å²) in [6, 6.07) is 4.78. The number of halogens is 4. The first kappa shape index (κ1) is 24.7. The van der Waals surface area contributed by atoms with E-state index in [4.69, 9.17) is 16.3 Å². The van der Waals surface area contributed by atoms with Crippen molar-refractivity contribution < 1.29 is 35.5 Å². The second-order valence-corrected chi connectivity index (χ2v) is 8.11. The van der Waals surface area contributed by atoms with Gasteiger partial charge >= 0.3 is 16.5 Å². The number of anilines is 1. The van der Waals surface area contributed by atoms with E-state index in [0.717, 1.165) is 30.3 Å². The van der Waals surface area contributed by atoms with Crippen molar-refractivity contribution in [2.45, 2.75) is 26.1 Å². The maximum atomic E-state index is 12.8.